The molecule has 0 radical (unpaired) electrons. The molecule has 0 bridgehead atoms. The largest absolute Gasteiger partial charge is 0.351 e. The second-order valence-corrected chi connectivity index (χ2v) is 9.65. The summed E-state index contributed by atoms with van der Waals surface area (Å²) in [5, 5.41) is 0. The van der Waals surface area contributed by atoms with Crippen LogP contribution in [0.5, 0.6) is 0 Å². The zero-order valence-electron chi connectivity index (χ0n) is 17.1. The zero-order valence-corrected chi connectivity index (χ0v) is 17.9. The summed E-state index contributed by atoms with van der Waals surface area (Å²) in [5.41, 5.74) is 4.71. The third-order valence-electron chi connectivity index (χ3n) is 5.64. The maximum absolute atomic E-state index is 12.7. The van der Waals surface area contributed by atoms with Crippen LogP contribution in [0.3, 0.4) is 0 Å². The van der Waals surface area contributed by atoms with Gasteiger partial charge < -0.3 is 4.57 Å². The Balaban J connectivity index is 1.57. The standard InChI is InChI=1S/C21H29N3O3S/c1-16-5-7-19(8-6-16)15-28(26,27)24-11-9-23(10-12-24)14-21(25)20-13-17(2)22(4)18(20)3/h5-8,13H,9-12,14-15H2,1-4H3. The first-order chi connectivity index (χ1) is 13.2. The third-order valence-corrected chi connectivity index (χ3v) is 7.49. The van der Waals surface area contributed by atoms with Crippen molar-refractivity contribution < 1.29 is 13.2 Å². The van der Waals surface area contributed by atoms with Crippen LogP contribution < -0.4 is 0 Å². The molecule has 0 atom stereocenters. The first kappa shape index (κ1) is 20.8. The van der Waals surface area contributed by atoms with Gasteiger partial charge in [-0.1, -0.05) is 29.8 Å². The second kappa shape index (κ2) is 8.19. The Hall–Kier alpha value is -1.96. The van der Waals surface area contributed by atoms with E-state index in [-0.39, 0.29) is 11.5 Å². The summed E-state index contributed by atoms with van der Waals surface area (Å²) >= 11 is 0. The number of sulfonamides is 1. The van der Waals surface area contributed by atoms with Gasteiger partial charge in [-0.05, 0) is 32.4 Å². The maximum atomic E-state index is 12.7. The topological polar surface area (TPSA) is 62.6 Å². The van der Waals surface area contributed by atoms with Crippen LogP contribution in [0.4, 0.5) is 0 Å². The lowest BCUT2D eigenvalue weighted by Crippen LogP contribution is -2.50. The highest BCUT2D eigenvalue weighted by Crippen LogP contribution is 2.17. The summed E-state index contributed by atoms with van der Waals surface area (Å²) in [6.07, 6.45) is 0. The van der Waals surface area contributed by atoms with Crippen molar-refractivity contribution in [2.45, 2.75) is 26.5 Å². The van der Waals surface area contributed by atoms with E-state index in [1.54, 1.807) is 4.31 Å². The molecule has 0 saturated carbocycles. The highest BCUT2D eigenvalue weighted by atomic mass is 32.2. The van der Waals surface area contributed by atoms with Crippen LogP contribution in [0.25, 0.3) is 0 Å². The Kier molecular flexibility index (Phi) is 6.07. The monoisotopic (exact) mass is 403 g/mol. The summed E-state index contributed by atoms with van der Waals surface area (Å²) in [5.74, 6) is 0.117. The van der Waals surface area contributed by atoms with Crippen molar-refractivity contribution in [1.82, 2.24) is 13.8 Å². The molecule has 1 aromatic heterocycles. The van der Waals surface area contributed by atoms with Crippen molar-refractivity contribution in [3.8, 4) is 0 Å². The number of carbonyl (C=O) groups excluding carboxylic acids is 1. The quantitative estimate of drug-likeness (QED) is 0.694. The predicted molar refractivity (Wildman–Crippen MR) is 111 cm³/mol. The van der Waals surface area contributed by atoms with Gasteiger partial charge in [0.15, 0.2) is 5.78 Å². The minimum absolute atomic E-state index is 0.0225. The predicted octanol–water partition coefficient (Wildman–Crippen LogP) is 2.28. The van der Waals surface area contributed by atoms with Crippen LogP contribution >= 0.6 is 0 Å². The number of piperazine rings is 1. The minimum Gasteiger partial charge on any atom is -0.351 e. The molecular formula is C21H29N3O3S. The fraction of sp³-hybridized carbons (Fsp3) is 0.476. The number of hydrogen-bond acceptors (Lipinski definition) is 4. The van der Waals surface area contributed by atoms with Gasteiger partial charge in [0.05, 0.1) is 12.3 Å². The van der Waals surface area contributed by atoms with Crippen LogP contribution in [0.15, 0.2) is 30.3 Å². The van der Waals surface area contributed by atoms with Crippen molar-refractivity contribution in [3.63, 3.8) is 0 Å². The lowest BCUT2D eigenvalue weighted by molar-refractivity contribution is 0.0901. The molecule has 2 aromatic rings. The van der Waals surface area contributed by atoms with Crippen LogP contribution in [0, 0.1) is 20.8 Å². The Bertz CT molecular complexity index is 954. The van der Waals surface area contributed by atoms with E-state index in [0.29, 0.717) is 32.7 Å². The molecule has 7 heteroatoms. The smallest absolute Gasteiger partial charge is 0.218 e. The normalized spacial score (nSPS) is 16.4. The van der Waals surface area contributed by atoms with Gasteiger partial charge in [-0.15, -0.1) is 0 Å². The lowest BCUT2D eigenvalue weighted by Gasteiger charge is -2.33. The number of ketones is 1. The average Bonchev–Trinajstić information content (AvgIpc) is 2.91. The number of hydrogen-bond donors (Lipinski definition) is 0. The number of benzene rings is 1. The fourth-order valence-electron chi connectivity index (χ4n) is 3.58. The molecular weight excluding hydrogens is 374 g/mol. The number of aryl methyl sites for hydroxylation is 2. The zero-order chi connectivity index (χ0) is 20.5. The van der Waals surface area contributed by atoms with Gasteiger partial charge in [0.25, 0.3) is 0 Å². The lowest BCUT2D eigenvalue weighted by atomic mass is 10.1. The van der Waals surface area contributed by atoms with Gasteiger partial charge in [0, 0.05) is 50.2 Å². The molecule has 0 amide bonds. The highest BCUT2D eigenvalue weighted by molar-refractivity contribution is 7.88. The Morgan fingerprint density at radius 1 is 1.00 bits per heavy atom. The van der Waals surface area contributed by atoms with Crippen LogP contribution in [0.1, 0.15) is 32.9 Å². The molecule has 2 heterocycles. The van der Waals surface area contributed by atoms with Gasteiger partial charge in [-0.25, -0.2) is 8.42 Å². The number of Topliss-reactive ketones (excluding diaryl/α,β-unsaturated/α-hetero) is 1. The summed E-state index contributed by atoms with van der Waals surface area (Å²) < 4.78 is 29.0. The highest BCUT2D eigenvalue weighted by Gasteiger charge is 2.28. The molecule has 6 nitrogen and oxygen atoms in total. The molecule has 28 heavy (non-hydrogen) atoms. The number of rotatable bonds is 6. The SMILES string of the molecule is Cc1ccc(CS(=O)(=O)N2CCN(CC(=O)c3cc(C)n(C)c3C)CC2)cc1. The van der Waals surface area contributed by atoms with Crippen LogP contribution in [-0.2, 0) is 22.8 Å². The molecule has 152 valence electrons. The maximum Gasteiger partial charge on any atom is 0.218 e. The Morgan fingerprint density at radius 3 is 2.14 bits per heavy atom. The van der Waals surface area contributed by atoms with Gasteiger partial charge >= 0.3 is 0 Å². The van der Waals surface area contributed by atoms with Gasteiger partial charge in [-0.2, -0.15) is 4.31 Å². The van der Waals surface area contributed by atoms with Crippen molar-refractivity contribution in [2.75, 3.05) is 32.7 Å². The van der Waals surface area contributed by atoms with E-state index in [1.807, 2.05) is 67.6 Å². The summed E-state index contributed by atoms with van der Waals surface area (Å²) in [6, 6.07) is 9.53. The molecule has 1 aromatic carbocycles. The molecule has 0 unspecified atom stereocenters. The molecule has 1 saturated heterocycles. The van der Waals surface area contributed by atoms with E-state index in [1.165, 1.54) is 0 Å². The molecule has 0 N–H and O–H groups in total. The van der Waals surface area contributed by atoms with E-state index in [9.17, 15) is 13.2 Å². The summed E-state index contributed by atoms with van der Waals surface area (Å²) in [7, 11) is -1.39. The van der Waals surface area contributed by atoms with Crippen molar-refractivity contribution >= 4 is 15.8 Å². The summed E-state index contributed by atoms with van der Waals surface area (Å²) in [4.78, 5) is 14.7. The minimum atomic E-state index is -3.34. The third kappa shape index (κ3) is 4.54. The van der Waals surface area contributed by atoms with E-state index in [0.717, 1.165) is 28.1 Å². The Morgan fingerprint density at radius 2 is 1.61 bits per heavy atom. The van der Waals surface area contributed by atoms with E-state index < -0.39 is 10.0 Å². The van der Waals surface area contributed by atoms with Gasteiger partial charge in [0.1, 0.15) is 0 Å². The number of aromatic nitrogens is 1. The first-order valence-corrected chi connectivity index (χ1v) is 11.2. The van der Waals surface area contributed by atoms with E-state index in [2.05, 4.69) is 0 Å². The molecule has 1 aliphatic heterocycles. The van der Waals surface area contributed by atoms with Crippen molar-refractivity contribution in [2.24, 2.45) is 7.05 Å². The number of nitrogens with zero attached hydrogens (tertiary/aromatic N) is 3. The molecule has 1 aliphatic rings. The van der Waals surface area contributed by atoms with E-state index in [4.69, 9.17) is 0 Å². The van der Waals surface area contributed by atoms with Crippen LogP contribution in [-0.4, -0.2) is 60.7 Å². The Labute approximate surface area is 167 Å². The van der Waals surface area contributed by atoms with Gasteiger partial charge in [0.2, 0.25) is 10.0 Å². The van der Waals surface area contributed by atoms with Crippen molar-refractivity contribution in [3.05, 3.63) is 58.4 Å². The molecule has 0 aliphatic carbocycles. The summed E-state index contributed by atoms with van der Waals surface area (Å²) in [6.45, 7) is 8.25. The second-order valence-electron chi connectivity index (χ2n) is 7.68. The number of carbonyl (C=O) groups is 1. The average molecular weight is 404 g/mol. The molecule has 3 rings (SSSR count). The van der Waals surface area contributed by atoms with E-state index >= 15 is 0 Å². The van der Waals surface area contributed by atoms with Crippen LogP contribution in [0.2, 0.25) is 0 Å². The fourth-order valence-corrected chi connectivity index (χ4v) is 5.09. The first-order valence-electron chi connectivity index (χ1n) is 9.59. The molecule has 1 fully saturated rings. The van der Waals surface area contributed by atoms with Crippen molar-refractivity contribution in [1.29, 1.82) is 0 Å². The van der Waals surface area contributed by atoms with Gasteiger partial charge in [-0.3, -0.25) is 9.69 Å². The molecule has 0 spiro atoms.